The van der Waals surface area contributed by atoms with Crippen molar-refractivity contribution < 1.29 is 4.79 Å². The van der Waals surface area contributed by atoms with Gasteiger partial charge in [-0.25, -0.2) is 0 Å². The molecular weight excluding hydrogens is 216 g/mol. The molecule has 17 heavy (non-hydrogen) atoms. The molecule has 3 atom stereocenters. The van der Waals surface area contributed by atoms with E-state index in [1.54, 1.807) is 12.4 Å². The second-order valence-corrected chi connectivity index (χ2v) is 5.14. The molecule has 5 heteroatoms. The van der Waals surface area contributed by atoms with Gasteiger partial charge >= 0.3 is 0 Å². The Balaban J connectivity index is 2.02. The maximum absolute atomic E-state index is 12.3. The fourth-order valence-corrected chi connectivity index (χ4v) is 2.42. The number of H-pyrrole nitrogens is 1. The molecule has 1 fully saturated rings. The van der Waals surface area contributed by atoms with Crippen LogP contribution in [0.5, 0.6) is 0 Å². The molecule has 0 bridgehead atoms. The van der Waals surface area contributed by atoms with Crippen LogP contribution in [0.3, 0.4) is 0 Å². The molecule has 1 aliphatic carbocycles. The molecule has 5 nitrogen and oxygen atoms in total. The SMILES string of the molecule is CC(NC(=O)C1(C)CCCC1N)c1cn[nH]c1. The number of nitrogens with two attached hydrogens (primary N) is 1. The highest BCUT2D eigenvalue weighted by molar-refractivity contribution is 5.83. The largest absolute Gasteiger partial charge is 0.349 e. The van der Waals surface area contributed by atoms with Crippen LogP contribution in [0.4, 0.5) is 0 Å². The molecule has 2 rings (SSSR count). The Hall–Kier alpha value is -1.36. The van der Waals surface area contributed by atoms with Crippen LogP contribution >= 0.6 is 0 Å². The monoisotopic (exact) mass is 236 g/mol. The summed E-state index contributed by atoms with van der Waals surface area (Å²) in [5, 5.41) is 9.64. The van der Waals surface area contributed by atoms with E-state index in [0.29, 0.717) is 0 Å². The van der Waals surface area contributed by atoms with Gasteiger partial charge in [0.15, 0.2) is 0 Å². The first-order chi connectivity index (χ1) is 8.04. The van der Waals surface area contributed by atoms with E-state index in [2.05, 4.69) is 15.5 Å². The van der Waals surface area contributed by atoms with E-state index in [9.17, 15) is 4.79 Å². The minimum atomic E-state index is -0.419. The van der Waals surface area contributed by atoms with Crippen LogP contribution in [-0.4, -0.2) is 22.1 Å². The summed E-state index contributed by atoms with van der Waals surface area (Å²) in [7, 11) is 0. The van der Waals surface area contributed by atoms with Crippen LogP contribution in [0.15, 0.2) is 12.4 Å². The van der Waals surface area contributed by atoms with Gasteiger partial charge in [0.25, 0.3) is 0 Å². The second-order valence-electron chi connectivity index (χ2n) is 5.14. The Morgan fingerprint density at radius 1 is 1.76 bits per heavy atom. The van der Waals surface area contributed by atoms with Gasteiger partial charge in [0, 0.05) is 17.8 Å². The summed E-state index contributed by atoms with van der Waals surface area (Å²) in [5.41, 5.74) is 6.59. The zero-order chi connectivity index (χ0) is 12.5. The molecule has 0 saturated heterocycles. The number of carbonyl (C=O) groups is 1. The van der Waals surface area contributed by atoms with Crippen molar-refractivity contribution >= 4 is 5.91 Å². The zero-order valence-corrected chi connectivity index (χ0v) is 10.4. The molecule has 0 radical (unpaired) electrons. The van der Waals surface area contributed by atoms with Crippen molar-refractivity contribution in [2.24, 2.45) is 11.1 Å². The Bertz CT molecular complexity index is 389. The number of aromatic amines is 1. The average molecular weight is 236 g/mol. The third kappa shape index (κ3) is 2.20. The van der Waals surface area contributed by atoms with Crippen LogP contribution in [0, 0.1) is 5.41 Å². The average Bonchev–Trinajstić information content (AvgIpc) is 2.90. The van der Waals surface area contributed by atoms with Gasteiger partial charge in [0.05, 0.1) is 17.7 Å². The number of hydrogen-bond acceptors (Lipinski definition) is 3. The summed E-state index contributed by atoms with van der Waals surface area (Å²) in [6.07, 6.45) is 6.36. The van der Waals surface area contributed by atoms with Crippen molar-refractivity contribution in [1.29, 1.82) is 0 Å². The fraction of sp³-hybridized carbons (Fsp3) is 0.667. The van der Waals surface area contributed by atoms with Crippen molar-refractivity contribution in [1.82, 2.24) is 15.5 Å². The molecule has 0 aliphatic heterocycles. The van der Waals surface area contributed by atoms with Gasteiger partial charge in [0.1, 0.15) is 0 Å². The number of rotatable bonds is 3. The summed E-state index contributed by atoms with van der Waals surface area (Å²) < 4.78 is 0. The van der Waals surface area contributed by atoms with Gasteiger partial charge in [-0.05, 0) is 26.7 Å². The van der Waals surface area contributed by atoms with Crippen LogP contribution in [-0.2, 0) is 4.79 Å². The summed E-state index contributed by atoms with van der Waals surface area (Å²) in [4.78, 5) is 12.3. The second kappa shape index (κ2) is 4.49. The lowest BCUT2D eigenvalue weighted by molar-refractivity contribution is -0.131. The third-order valence-electron chi connectivity index (χ3n) is 3.92. The summed E-state index contributed by atoms with van der Waals surface area (Å²) >= 11 is 0. The molecule has 4 N–H and O–H groups in total. The predicted octanol–water partition coefficient (Wildman–Crippen LogP) is 1.10. The van der Waals surface area contributed by atoms with Crippen molar-refractivity contribution in [2.45, 2.75) is 45.2 Å². The van der Waals surface area contributed by atoms with Gasteiger partial charge in [-0.2, -0.15) is 5.10 Å². The molecule has 1 aromatic heterocycles. The summed E-state index contributed by atoms with van der Waals surface area (Å²) in [6, 6.07) is -0.0649. The van der Waals surface area contributed by atoms with Crippen molar-refractivity contribution in [2.75, 3.05) is 0 Å². The zero-order valence-electron chi connectivity index (χ0n) is 10.4. The fourth-order valence-electron chi connectivity index (χ4n) is 2.42. The lowest BCUT2D eigenvalue weighted by Gasteiger charge is -2.29. The maximum Gasteiger partial charge on any atom is 0.227 e. The lowest BCUT2D eigenvalue weighted by Crippen LogP contribution is -2.47. The topological polar surface area (TPSA) is 83.8 Å². The Labute approximate surface area is 101 Å². The Kier molecular flexibility index (Phi) is 3.19. The van der Waals surface area contributed by atoms with Gasteiger partial charge in [0.2, 0.25) is 5.91 Å². The number of nitrogens with zero attached hydrogens (tertiary/aromatic N) is 1. The Morgan fingerprint density at radius 3 is 3.06 bits per heavy atom. The highest BCUT2D eigenvalue weighted by atomic mass is 16.2. The molecule has 1 amide bonds. The number of aromatic nitrogens is 2. The first-order valence-electron chi connectivity index (χ1n) is 6.09. The first kappa shape index (κ1) is 12.1. The third-order valence-corrected chi connectivity index (χ3v) is 3.92. The molecule has 1 saturated carbocycles. The first-order valence-corrected chi connectivity index (χ1v) is 6.09. The van der Waals surface area contributed by atoms with E-state index in [0.717, 1.165) is 24.8 Å². The molecule has 1 heterocycles. The van der Waals surface area contributed by atoms with E-state index >= 15 is 0 Å². The highest BCUT2D eigenvalue weighted by Crippen LogP contribution is 2.37. The molecule has 0 aromatic carbocycles. The van der Waals surface area contributed by atoms with Gasteiger partial charge in [-0.3, -0.25) is 9.89 Å². The number of hydrogen-bond donors (Lipinski definition) is 3. The summed E-state index contributed by atoms with van der Waals surface area (Å²) in [6.45, 7) is 3.91. The van der Waals surface area contributed by atoms with Crippen LogP contribution in [0.25, 0.3) is 0 Å². The standard InChI is InChI=1S/C12H20N4O/c1-8(9-6-14-15-7-9)16-11(17)12(2)5-3-4-10(12)13/h6-8,10H,3-5,13H2,1-2H3,(H,14,15)(H,16,17). The minimum absolute atomic E-state index is 0.0287. The number of nitrogens with one attached hydrogen (secondary N) is 2. The molecule has 94 valence electrons. The molecule has 1 aliphatic rings. The molecular formula is C12H20N4O. The smallest absolute Gasteiger partial charge is 0.227 e. The Morgan fingerprint density at radius 2 is 2.53 bits per heavy atom. The van der Waals surface area contributed by atoms with Crippen molar-refractivity contribution in [3.8, 4) is 0 Å². The van der Waals surface area contributed by atoms with E-state index in [-0.39, 0.29) is 18.0 Å². The molecule has 1 aromatic rings. The van der Waals surface area contributed by atoms with Crippen molar-refractivity contribution in [3.63, 3.8) is 0 Å². The normalized spacial score (nSPS) is 30.2. The highest BCUT2D eigenvalue weighted by Gasteiger charge is 2.43. The lowest BCUT2D eigenvalue weighted by atomic mass is 9.84. The minimum Gasteiger partial charge on any atom is -0.349 e. The van der Waals surface area contributed by atoms with E-state index in [1.807, 2.05) is 13.8 Å². The van der Waals surface area contributed by atoms with Gasteiger partial charge in [-0.15, -0.1) is 0 Å². The number of amides is 1. The van der Waals surface area contributed by atoms with E-state index < -0.39 is 5.41 Å². The maximum atomic E-state index is 12.3. The van der Waals surface area contributed by atoms with E-state index in [4.69, 9.17) is 5.73 Å². The molecule has 3 unspecified atom stereocenters. The number of carbonyl (C=O) groups excluding carboxylic acids is 1. The summed E-state index contributed by atoms with van der Waals surface area (Å²) in [5.74, 6) is 0.0520. The van der Waals surface area contributed by atoms with Crippen LogP contribution < -0.4 is 11.1 Å². The van der Waals surface area contributed by atoms with Crippen LogP contribution in [0.2, 0.25) is 0 Å². The van der Waals surface area contributed by atoms with Crippen LogP contribution in [0.1, 0.15) is 44.7 Å². The van der Waals surface area contributed by atoms with Gasteiger partial charge < -0.3 is 11.1 Å². The molecule has 0 spiro atoms. The quantitative estimate of drug-likeness (QED) is 0.735. The predicted molar refractivity (Wildman–Crippen MR) is 65.1 cm³/mol. The van der Waals surface area contributed by atoms with Crippen molar-refractivity contribution in [3.05, 3.63) is 18.0 Å². The van der Waals surface area contributed by atoms with Gasteiger partial charge in [-0.1, -0.05) is 6.42 Å². The van der Waals surface area contributed by atoms with E-state index in [1.165, 1.54) is 0 Å².